The molecule has 2 aromatic rings. The number of hydrogen-bond donors (Lipinski definition) is 1. The molecule has 0 spiro atoms. The van der Waals surface area contributed by atoms with Crippen molar-refractivity contribution in [2.45, 2.75) is 45.7 Å². The molecule has 10 heteroatoms. The standard InChI is InChI=1S/C24H31ClFN3O4S/c1-5-17(2)27-24(31)18(3)28(14-13-19-9-7-6-8-10-19)23(30)16-29(34(4,32)33)20-11-12-22(26)21(25)15-20/h6-12,15,17-18H,5,13-14,16H2,1-4H3,(H,27,31)/t17-,18-/m1/s1. The van der Waals surface area contributed by atoms with Crippen LogP contribution in [0.4, 0.5) is 10.1 Å². The van der Waals surface area contributed by atoms with E-state index in [0.29, 0.717) is 6.42 Å². The maximum Gasteiger partial charge on any atom is 0.244 e. The molecule has 0 aliphatic carbocycles. The highest BCUT2D eigenvalue weighted by Crippen LogP contribution is 2.24. The van der Waals surface area contributed by atoms with Gasteiger partial charge in [-0.3, -0.25) is 13.9 Å². The van der Waals surface area contributed by atoms with Gasteiger partial charge in [0.1, 0.15) is 18.4 Å². The van der Waals surface area contributed by atoms with Crippen molar-refractivity contribution in [3.8, 4) is 0 Å². The van der Waals surface area contributed by atoms with E-state index >= 15 is 0 Å². The quantitative estimate of drug-likeness (QED) is 0.499. The van der Waals surface area contributed by atoms with E-state index in [1.54, 1.807) is 6.92 Å². The lowest BCUT2D eigenvalue weighted by molar-refractivity contribution is -0.139. The normalized spacial score (nSPS) is 13.1. The van der Waals surface area contributed by atoms with Gasteiger partial charge in [-0.15, -0.1) is 0 Å². The number of carbonyl (C=O) groups is 2. The van der Waals surface area contributed by atoms with Crippen molar-refractivity contribution in [1.82, 2.24) is 10.2 Å². The van der Waals surface area contributed by atoms with Gasteiger partial charge in [0, 0.05) is 12.6 Å². The largest absolute Gasteiger partial charge is 0.352 e. The molecule has 0 fully saturated rings. The second-order valence-electron chi connectivity index (χ2n) is 8.18. The Labute approximate surface area is 205 Å². The first-order valence-electron chi connectivity index (χ1n) is 11.0. The molecule has 7 nitrogen and oxygen atoms in total. The number of nitrogens with one attached hydrogen (secondary N) is 1. The molecule has 0 aliphatic rings. The van der Waals surface area contributed by atoms with Crippen LogP contribution in [0.2, 0.25) is 5.02 Å². The van der Waals surface area contributed by atoms with Crippen LogP contribution >= 0.6 is 11.6 Å². The second-order valence-corrected chi connectivity index (χ2v) is 10.5. The summed E-state index contributed by atoms with van der Waals surface area (Å²) in [5, 5.41) is 2.60. The average Bonchev–Trinajstić information content (AvgIpc) is 2.79. The highest BCUT2D eigenvalue weighted by molar-refractivity contribution is 7.92. The van der Waals surface area contributed by atoms with E-state index in [1.807, 2.05) is 44.2 Å². The molecule has 0 aromatic heterocycles. The van der Waals surface area contributed by atoms with E-state index in [2.05, 4.69) is 5.32 Å². The Kier molecular flexibility index (Phi) is 9.88. The van der Waals surface area contributed by atoms with E-state index in [9.17, 15) is 22.4 Å². The van der Waals surface area contributed by atoms with Crippen molar-refractivity contribution >= 4 is 39.1 Å². The van der Waals surface area contributed by atoms with E-state index in [0.717, 1.165) is 34.7 Å². The summed E-state index contributed by atoms with van der Waals surface area (Å²) in [7, 11) is -3.91. The van der Waals surface area contributed by atoms with E-state index in [-0.39, 0.29) is 29.2 Å². The Morgan fingerprint density at radius 3 is 2.32 bits per heavy atom. The van der Waals surface area contributed by atoms with Gasteiger partial charge in [0.2, 0.25) is 21.8 Å². The lowest BCUT2D eigenvalue weighted by Crippen LogP contribution is -2.53. The molecule has 34 heavy (non-hydrogen) atoms. The SMILES string of the molecule is CC[C@@H](C)NC(=O)[C@@H](C)N(CCc1ccccc1)C(=O)CN(c1ccc(F)c(Cl)c1)S(C)(=O)=O. The van der Waals surface area contributed by atoms with Gasteiger partial charge >= 0.3 is 0 Å². The van der Waals surface area contributed by atoms with Gasteiger partial charge in [0.05, 0.1) is 17.0 Å². The van der Waals surface area contributed by atoms with Crippen LogP contribution in [0.5, 0.6) is 0 Å². The zero-order chi connectivity index (χ0) is 25.5. The summed E-state index contributed by atoms with van der Waals surface area (Å²) in [4.78, 5) is 27.6. The molecule has 2 rings (SSSR count). The number of carbonyl (C=O) groups excluding carboxylic acids is 2. The molecule has 0 saturated carbocycles. The number of amides is 2. The van der Waals surface area contributed by atoms with Gasteiger partial charge in [-0.05, 0) is 50.5 Å². The summed E-state index contributed by atoms with van der Waals surface area (Å²) in [6.07, 6.45) is 2.16. The maximum absolute atomic E-state index is 13.6. The molecular weight excluding hydrogens is 481 g/mol. The molecule has 2 aromatic carbocycles. The summed E-state index contributed by atoms with van der Waals surface area (Å²) in [6, 6.07) is 12.0. The average molecular weight is 512 g/mol. The van der Waals surface area contributed by atoms with Crippen molar-refractivity contribution in [2.24, 2.45) is 0 Å². The Morgan fingerprint density at radius 2 is 1.76 bits per heavy atom. The summed E-state index contributed by atoms with van der Waals surface area (Å²) in [5.74, 6) is -1.59. The number of sulfonamides is 1. The molecule has 0 bridgehead atoms. The predicted octanol–water partition coefficient (Wildman–Crippen LogP) is 3.62. The Morgan fingerprint density at radius 1 is 1.12 bits per heavy atom. The zero-order valence-corrected chi connectivity index (χ0v) is 21.4. The third-order valence-electron chi connectivity index (χ3n) is 5.52. The minimum Gasteiger partial charge on any atom is -0.352 e. The Balaban J connectivity index is 2.33. The van der Waals surface area contributed by atoms with E-state index in [4.69, 9.17) is 11.6 Å². The minimum absolute atomic E-state index is 0.0574. The first kappa shape index (κ1) is 27.6. The molecule has 0 unspecified atom stereocenters. The first-order chi connectivity index (χ1) is 15.9. The lowest BCUT2D eigenvalue weighted by Gasteiger charge is -2.32. The van der Waals surface area contributed by atoms with Crippen LogP contribution in [0.3, 0.4) is 0 Å². The van der Waals surface area contributed by atoms with Crippen LogP contribution < -0.4 is 9.62 Å². The molecule has 2 atom stereocenters. The minimum atomic E-state index is -3.91. The predicted molar refractivity (Wildman–Crippen MR) is 133 cm³/mol. The molecule has 0 heterocycles. The zero-order valence-electron chi connectivity index (χ0n) is 19.8. The molecule has 0 radical (unpaired) electrons. The van der Waals surface area contributed by atoms with Crippen LogP contribution in [-0.4, -0.2) is 56.6 Å². The number of benzene rings is 2. The van der Waals surface area contributed by atoms with Crippen molar-refractivity contribution in [3.63, 3.8) is 0 Å². The van der Waals surface area contributed by atoms with Crippen LogP contribution in [0, 0.1) is 5.82 Å². The summed E-state index contributed by atoms with van der Waals surface area (Å²) in [5.41, 5.74) is 1.03. The van der Waals surface area contributed by atoms with Crippen molar-refractivity contribution in [1.29, 1.82) is 0 Å². The maximum atomic E-state index is 13.6. The number of nitrogens with zero attached hydrogens (tertiary/aromatic N) is 2. The summed E-state index contributed by atoms with van der Waals surface area (Å²) >= 11 is 5.83. The lowest BCUT2D eigenvalue weighted by atomic mass is 10.1. The fourth-order valence-electron chi connectivity index (χ4n) is 3.29. The fourth-order valence-corrected chi connectivity index (χ4v) is 4.31. The van der Waals surface area contributed by atoms with Gasteiger partial charge in [-0.25, -0.2) is 12.8 Å². The fraction of sp³-hybridized carbons (Fsp3) is 0.417. The molecule has 2 amide bonds. The van der Waals surface area contributed by atoms with Crippen LogP contribution in [0.1, 0.15) is 32.8 Å². The third-order valence-corrected chi connectivity index (χ3v) is 6.95. The van der Waals surface area contributed by atoms with E-state index < -0.39 is 34.3 Å². The van der Waals surface area contributed by atoms with Crippen LogP contribution in [0.15, 0.2) is 48.5 Å². The van der Waals surface area contributed by atoms with Crippen LogP contribution in [0.25, 0.3) is 0 Å². The third kappa shape index (κ3) is 7.70. The van der Waals surface area contributed by atoms with Crippen LogP contribution in [-0.2, 0) is 26.0 Å². The van der Waals surface area contributed by atoms with Gasteiger partial charge in [0.15, 0.2) is 0 Å². The monoisotopic (exact) mass is 511 g/mol. The van der Waals surface area contributed by atoms with Gasteiger partial charge in [-0.2, -0.15) is 0 Å². The highest BCUT2D eigenvalue weighted by atomic mass is 35.5. The Hall–Kier alpha value is -2.65. The number of hydrogen-bond acceptors (Lipinski definition) is 4. The molecule has 1 N–H and O–H groups in total. The summed E-state index contributed by atoms with van der Waals surface area (Å²) < 4.78 is 39.5. The van der Waals surface area contributed by atoms with Crippen molar-refractivity contribution in [2.75, 3.05) is 23.7 Å². The number of halogens is 2. The smallest absolute Gasteiger partial charge is 0.244 e. The van der Waals surface area contributed by atoms with Crippen molar-refractivity contribution in [3.05, 3.63) is 64.9 Å². The Bertz CT molecular complexity index is 1100. The molecule has 0 saturated heterocycles. The topological polar surface area (TPSA) is 86.8 Å². The van der Waals surface area contributed by atoms with Gasteiger partial charge in [0.25, 0.3) is 0 Å². The molecular formula is C24H31ClFN3O4S. The number of anilines is 1. The highest BCUT2D eigenvalue weighted by Gasteiger charge is 2.30. The first-order valence-corrected chi connectivity index (χ1v) is 13.2. The van der Waals surface area contributed by atoms with Crippen molar-refractivity contribution < 1.29 is 22.4 Å². The molecule has 0 aliphatic heterocycles. The molecule has 186 valence electrons. The second kappa shape index (κ2) is 12.2. The van der Waals surface area contributed by atoms with Gasteiger partial charge < -0.3 is 10.2 Å². The summed E-state index contributed by atoms with van der Waals surface area (Å²) in [6.45, 7) is 5.06. The van der Waals surface area contributed by atoms with E-state index in [1.165, 1.54) is 11.0 Å². The van der Waals surface area contributed by atoms with Gasteiger partial charge in [-0.1, -0.05) is 48.9 Å². The number of rotatable bonds is 11.